The maximum absolute atomic E-state index is 14.1. The van der Waals surface area contributed by atoms with Gasteiger partial charge in [-0.15, -0.1) is 0 Å². The van der Waals surface area contributed by atoms with E-state index in [4.69, 9.17) is 4.74 Å². The molecule has 0 radical (unpaired) electrons. The Kier molecular flexibility index (Phi) is 6.23. The fraction of sp³-hybridized carbons (Fsp3) is 0.455. The predicted octanol–water partition coefficient (Wildman–Crippen LogP) is 4.68. The Morgan fingerprint density at radius 2 is 2.03 bits per heavy atom. The number of hydrogen-bond donors (Lipinski definition) is 1. The lowest BCUT2D eigenvalue weighted by Gasteiger charge is -2.29. The van der Waals surface area contributed by atoms with Crippen LogP contribution in [-0.4, -0.2) is 32.7 Å². The summed E-state index contributed by atoms with van der Waals surface area (Å²) in [6.07, 6.45) is -2.82. The van der Waals surface area contributed by atoms with E-state index in [0.717, 1.165) is 5.56 Å². The number of pyridine rings is 2. The van der Waals surface area contributed by atoms with Gasteiger partial charge in [0.05, 0.1) is 17.5 Å². The number of aromatic amines is 1. The fourth-order valence-corrected chi connectivity index (χ4v) is 3.91. The number of nitrogens with one attached hydrogen (secondary N) is 1. The lowest BCUT2D eigenvalue weighted by atomic mass is 9.91. The number of alkyl halides is 3. The first-order chi connectivity index (χ1) is 15.2. The summed E-state index contributed by atoms with van der Waals surface area (Å²) < 4.78 is 57.9. The van der Waals surface area contributed by atoms with Crippen molar-refractivity contribution in [2.24, 2.45) is 0 Å². The SMILES string of the molecule is Cc1nc2nc(C3CCOC(c4ccc(=O)[nH]c4)C3)nc(CCCC(F)(F)F)c2cc1F. The van der Waals surface area contributed by atoms with E-state index in [0.29, 0.717) is 36.4 Å². The Morgan fingerprint density at radius 1 is 1.22 bits per heavy atom. The number of hydrogen-bond acceptors (Lipinski definition) is 5. The van der Waals surface area contributed by atoms with Crippen LogP contribution in [0.1, 0.15) is 60.5 Å². The highest BCUT2D eigenvalue weighted by atomic mass is 19.4. The number of ether oxygens (including phenoxy) is 1. The Balaban J connectivity index is 1.65. The van der Waals surface area contributed by atoms with E-state index in [9.17, 15) is 22.4 Å². The van der Waals surface area contributed by atoms with Crippen LogP contribution >= 0.6 is 0 Å². The molecule has 6 nitrogen and oxygen atoms in total. The molecule has 3 aromatic rings. The highest BCUT2D eigenvalue weighted by Gasteiger charge is 2.29. The van der Waals surface area contributed by atoms with Crippen LogP contribution in [0.15, 0.2) is 29.2 Å². The van der Waals surface area contributed by atoms with Crippen molar-refractivity contribution in [3.8, 4) is 0 Å². The molecule has 4 rings (SSSR count). The monoisotopic (exact) mass is 450 g/mol. The van der Waals surface area contributed by atoms with Gasteiger partial charge >= 0.3 is 6.18 Å². The van der Waals surface area contributed by atoms with E-state index in [1.807, 2.05) is 0 Å². The molecule has 0 saturated carbocycles. The molecule has 1 N–H and O–H groups in total. The second-order valence-electron chi connectivity index (χ2n) is 7.99. The van der Waals surface area contributed by atoms with Gasteiger partial charge in [-0.3, -0.25) is 4.79 Å². The molecule has 0 bridgehead atoms. The molecule has 1 fully saturated rings. The molecule has 4 heterocycles. The second-order valence-corrected chi connectivity index (χ2v) is 7.99. The average molecular weight is 450 g/mol. The summed E-state index contributed by atoms with van der Waals surface area (Å²) >= 11 is 0. The van der Waals surface area contributed by atoms with Crippen LogP contribution in [0.5, 0.6) is 0 Å². The zero-order valence-corrected chi connectivity index (χ0v) is 17.4. The van der Waals surface area contributed by atoms with E-state index in [1.165, 1.54) is 19.1 Å². The van der Waals surface area contributed by atoms with Crippen LogP contribution in [0.3, 0.4) is 0 Å². The molecule has 2 atom stereocenters. The standard InChI is InChI=1S/C22H22F4N4O2/c1-12-16(23)10-15-17(3-2-7-22(24,25)26)29-20(30-21(15)28-12)13-6-8-32-18(9-13)14-4-5-19(31)27-11-14/h4-5,10-11,13,18H,2-3,6-9H2,1H3,(H,27,31). The normalized spacial score (nSPS) is 19.4. The summed E-state index contributed by atoms with van der Waals surface area (Å²) in [5, 5.41) is 0.336. The third-order valence-electron chi connectivity index (χ3n) is 5.62. The zero-order valence-electron chi connectivity index (χ0n) is 17.4. The average Bonchev–Trinajstić information content (AvgIpc) is 2.74. The molecule has 1 aliphatic heterocycles. The minimum atomic E-state index is -4.27. The minimum absolute atomic E-state index is 0.0439. The molecule has 0 spiro atoms. The van der Waals surface area contributed by atoms with E-state index in [2.05, 4.69) is 19.9 Å². The number of aryl methyl sites for hydroxylation is 2. The number of halogens is 4. The molecule has 0 aromatic carbocycles. The van der Waals surface area contributed by atoms with E-state index < -0.39 is 18.4 Å². The first-order valence-electron chi connectivity index (χ1n) is 10.4. The Labute approximate surface area is 181 Å². The molecule has 10 heteroatoms. The van der Waals surface area contributed by atoms with Gasteiger partial charge in [0, 0.05) is 36.6 Å². The van der Waals surface area contributed by atoms with Gasteiger partial charge in [-0.1, -0.05) is 0 Å². The van der Waals surface area contributed by atoms with Crippen molar-refractivity contribution in [1.82, 2.24) is 19.9 Å². The van der Waals surface area contributed by atoms with Gasteiger partial charge in [0.1, 0.15) is 11.6 Å². The second kappa shape index (κ2) is 8.93. The van der Waals surface area contributed by atoms with Gasteiger partial charge in [0.15, 0.2) is 5.65 Å². The number of nitrogens with zero attached hydrogens (tertiary/aromatic N) is 3. The summed E-state index contributed by atoms with van der Waals surface area (Å²) in [6, 6.07) is 4.37. The van der Waals surface area contributed by atoms with Gasteiger partial charge in [-0.2, -0.15) is 13.2 Å². The fourth-order valence-electron chi connectivity index (χ4n) is 3.91. The number of aromatic nitrogens is 4. The first kappa shape index (κ1) is 22.3. The number of H-pyrrole nitrogens is 1. The van der Waals surface area contributed by atoms with Gasteiger partial charge in [-0.05, 0) is 50.3 Å². The van der Waals surface area contributed by atoms with Crippen molar-refractivity contribution in [2.75, 3.05) is 6.61 Å². The van der Waals surface area contributed by atoms with Crippen LogP contribution in [0.2, 0.25) is 0 Å². The first-order valence-corrected chi connectivity index (χ1v) is 10.4. The van der Waals surface area contributed by atoms with Crippen LogP contribution < -0.4 is 5.56 Å². The summed E-state index contributed by atoms with van der Waals surface area (Å²) in [5.41, 5.74) is 1.42. The number of fused-ring (bicyclic) bond motifs is 1. The van der Waals surface area contributed by atoms with Crippen molar-refractivity contribution in [3.05, 3.63) is 63.3 Å². The smallest absolute Gasteiger partial charge is 0.373 e. The van der Waals surface area contributed by atoms with E-state index >= 15 is 0 Å². The summed E-state index contributed by atoms with van der Waals surface area (Å²) in [7, 11) is 0. The van der Waals surface area contributed by atoms with Gasteiger partial charge in [0.2, 0.25) is 5.56 Å². The Morgan fingerprint density at radius 3 is 2.75 bits per heavy atom. The minimum Gasteiger partial charge on any atom is -0.373 e. The van der Waals surface area contributed by atoms with Crippen molar-refractivity contribution in [3.63, 3.8) is 0 Å². The molecular formula is C22H22F4N4O2. The maximum atomic E-state index is 14.1. The Hall–Kier alpha value is -2.88. The number of rotatable bonds is 5. The molecule has 2 unspecified atom stereocenters. The topological polar surface area (TPSA) is 80.8 Å². The molecule has 32 heavy (non-hydrogen) atoms. The van der Waals surface area contributed by atoms with Crippen molar-refractivity contribution < 1.29 is 22.3 Å². The lowest BCUT2D eigenvalue weighted by Crippen LogP contribution is -2.21. The highest BCUT2D eigenvalue weighted by molar-refractivity contribution is 5.77. The van der Waals surface area contributed by atoms with Crippen molar-refractivity contribution in [2.45, 2.75) is 57.2 Å². The molecule has 3 aromatic heterocycles. The molecule has 0 amide bonds. The summed E-state index contributed by atoms with van der Waals surface area (Å²) in [5.74, 6) is -0.190. The maximum Gasteiger partial charge on any atom is 0.389 e. The van der Waals surface area contributed by atoms with Crippen LogP contribution in [0.25, 0.3) is 11.0 Å². The molecule has 1 saturated heterocycles. The predicted molar refractivity (Wildman–Crippen MR) is 109 cm³/mol. The highest BCUT2D eigenvalue weighted by Crippen LogP contribution is 2.36. The van der Waals surface area contributed by atoms with Gasteiger partial charge in [0.25, 0.3) is 0 Å². The quantitative estimate of drug-likeness (QED) is 0.571. The van der Waals surface area contributed by atoms with Crippen LogP contribution in [-0.2, 0) is 11.2 Å². The Bertz CT molecular complexity index is 1160. The third kappa shape index (κ3) is 5.12. The van der Waals surface area contributed by atoms with Gasteiger partial charge < -0.3 is 9.72 Å². The molecule has 1 aliphatic rings. The summed E-state index contributed by atoms with van der Waals surface area (Å²) in [6.45, 7) is 1.95. The van der Waals surface area contributed by atoms with Crippen LogP contribution in [0.4, 0.5) is 17.6 Å². The van der Waals surface area contributed by atoms with Gasteiger partial charge in [-0.25, -0.2) is 19.3 Å². The lowest BCUT2D eigenvalue weighted by molar-refractivity contribution is -0.135. The zero-order chi connectivity index (χ0) is 22.9. The summed E-state index contributed by atoms with van der Waals surface area (Å²) in [4.78, 5) is 27.3. The molecule has 0 aliphatic carbocycles. The van der Waals surface area contributed by atoms with Crippen molar-refractivity contribution in [1.29, 1.82) is 0 Å². The van der Waals surface area contributed by atoms with E-state index in [1.54, 1.807) is 12.3 Å². The van der Waals surface area contributed by atoms with E-state index in [-0.39, 0.29) is 41.8 Å². The third-order valence-corrected chi connectivity index (χ3v) is 5.62. The largest absolute Gasteiger partial charge is 0.389 e. The van der Waals surface area contributed by atoms with Crippen molar-refractivity contribution >= 4 is 11.0 Å². The molecular weight excluding hydrogens is 428 g/mol. The van der Waals surface area contributed by atoms with Crippen LogP contribution in [0, 0.1) is 12.7 Å². The molecule has 170 valence electrons.